The number of hydrogen-bond acceptors (Lipinski definition) is 6. The molecular weight excluding hydrogens is 306 g/mol. The summed E-state index contributed by atoms with van der Waals surface area (Å²) in [5.41, 5.74) is 0.531. The Kier molecular flexibility index (Phi) is 3.61. The highest BCUT2D eigenvalue weighted by Crippen LogP contribution is 2.31. The van der Waals surface area contributed by atoms with E-state index >= 15 is 0 Å². The van der Waals surface area contributed by atoms with Crippen LogP contribution in [0.3, 0.4) is 0 Å². The summed E-state index contributed by atoms with van der Waals surface area (Å²) in [6.07, 6.45) is 7.04. The molecule has 1 N–H and O–H groups in total. The summed E-state index contributed by atoms with van der Waals surface area (Å²) in [7, 11) is 0. The highest BCUT2D eigenvalue weighted by molar-refractivity contribution is 5.81. The summed E-state index contributed by atoms with van der Waals surface area (Å²) in [4.78, 5) is 18.6. The Labute approximate surface area is 139 Å². The number of carbonyl (C=O) groups is 1. The minimum atomic E-state index is -0.0895. The molecule has 1 saturated carbocycles. The Bertz CT molecular complexity index is 778. The van der Waals surface area contributed by atoms with Gasteiger partial charge in [0, 0.05) is 31.4 Å². The van der Waals surface area contributed by atoms with E-state index in [1.807, 2.05) is 4.90 Å². The normalized spacial score (nSPS) is 23.0. The zero-order valence-electron chi connectivity index (χ0n) is 13.0. The van der Waals surface area contributed by atoms with Gasteiger partial charge in [0.2, 0.25) is 5.91 Å². The number of anilines is 1. The van der Waals surface area contributed by atoms with Crippen molar-refractivity contribution in [3.63, 3.8) is 0 Å². The van der Waals surface area contributed by atoms with Crippen LogP contribution in [0.25, 0.3) is 0 Å². The van der Waals surface area contributed by atoms with Gasteiger partial charge in [0.1, 0.15) is 11.9 Å². The van der Waals surface area contributed by atoms with Crippen LogP contribution in [0.5, 0.6) is 0 Å². The summed E-state index contributed by atoms with van der Waals surface area (Å²) >= 11 is 0. The van der Waals surface area contributed by atoms with Gasteiger partial charge in [0.25, 0.3) is 0 Å². The van der Waals surface area contributed by atoms with E-state index in [-0.39, 0.29) is 23.9 Å². The molecule has 0 aromatic carbocycles. The average molecular weight is 323 g/mol. The van der Waals surface area contributed by atoms with Gasteiger partial charge >= 0.3 is 0 Å². The Morgan fingerprint density at radius 3 is 2.92 bits per heavy atom. The molecule has 2 atom stereocenters. The topological polar surface area (TPSA) is 99.7 Å². The van der Waals surface area contributed by atoms with Crippen LogP contribution in [0.1, 0.15) is 24.4 Å². The van der Waals surface area contributed by atoms with E-state index in [1.54, 1.807) is 35.4 Å². The van der Waals surface area contributed by atoms with Crippen molar-refractivity contribution in [1.29, 1.82) is 5.26 Å². The fraction of sp³-hybridized carbons (Fsp3) is 0.438. The number of nitrogens with one attached hydrogen (secondary N) is 1. The van der Waals surface area contributed by atoms with Crippen molar-refractivity contribution in [3.8, 4) is 6.07 Å². The number of nitrogens with zero attached hydrogens (tertiary/aromatic N) is 6. The van der Waals surface area contributed by atoms with Gasteiger partial charge in [-0.15, -0.1) is 5.10 Å². The molecule has 1 saturated heterocycles. The number of nitriles is 1. The van der Waals surface area contributed by atoms with Crippen LogP contribution in [0, 0.1) is 17.2 Å². The first-order valence-electron chi connectivity index (χ1n) is 8.02. The third kappa shape index (κ3) is 2.69. The monoisotopic (exact) mass is 323 g/mol. The van der Waals surface area contributed by atoms with Crippen LogP contribution in [0.15, 0.2) is 30.7 Å². The minimum absolute atomic E-state index is 0.0382. The van der Waals surface area contributed by atoms with Crippen LogP contribution >= 0.6 is 0 Å². The fourth-order valence-electron chi connectivity index (χ4n) is 3.15. The third-order valence-corrected chi connectivity index (χ3v) is 4.55. The van der Waals surface area contributed by atoms with E-state index in [2.05, 4.69) is 26.7 Å². The molecule has 2 aromatic heterocycles. The van der Waals surface area contributed by atoms with E-state index in [9.17, 15) is 10.1 Å². The highest BCUT2D eigenvalue weighted by atomic mass is 16.2. The molecule has 1 aliphatic carbocycles. The molecule has 0 spiro atoms. The Morgan fingerprint density at radius 2 is 2.21 bits per heavy atom. The summed E-state index contributed by atoms with van der Waals surface area (Å²) in [6, 6.07) is 5.55. The molecule has 2 fully saturated rings. The number of rotatable bonds is 4. The average Bonchev–Trinajstić information content (AvgIpc) is 3.17. The van der Waals surface area contributed by atoms with E-state index in [0.29, 0.717) is 24.5 Å². The maximum Gasteiger partial charge on any atom is 0.223 e. The van der Waals surface area contributed by atoms with E-state index in [1.165, 1.54) is 0 Å². The van der Waals surface area contributed by atoms with Gasteiger partial charge in [-0.2, -0.15) is 5.26 Å². The van der Waals surface area contributed by atoms with Crippen molar-refractivity contribution >= 4 is 11.7 Å². The molecule has 1 aliphatic heterocycles. The van der Waals surface area contributed by atoms with Gasteiger partial charge in [-0.25, -0.2) is 9.67 Å². The molecule has 8 heteroatoms. The second kappa shape index (κ2) is 5.92. The van der Waals surface area contributed by atoms with E-state index in [0.717, 1.165) is 12.8 Å². The predicted octanol–water partition coefficient (Wildman–Crippen LogP) is 0.501. The maximum absolute atomic E-state index is 12.2. The molecule has 2 aliphatic rings. The second-order valence-corrected chi connectivity index (χ2v) is 6.23. The first-order valence-corrected chi connectivity index (χ1v) is 8.02. The summed E-state index contributed by atoms with van der Waals surface area (Å²) < 4.78 is 1.77. The predicted molar refractivity (Wildman–Crippen MR) is 84.9 cm³/mol. The largest absolute Gasteiger partial charge is 0.351 e. The lowest BCUT2D eigenvalue weighted by atomic mass is 10.1. The Hall–Kier alpha value is -2.95. The highest BCUT2D eigenvalue weighted by Gasteiger charge is 2.39. The van der Waals surface area contributed by atoms with E-state index < -0.39 is 0 Å². The van der Waals surface area contributed by atoms with Crippen LogP contribution in [0.4, 0.5) is 5.82 Å². The molecule has 4 rings (SSSR count). The number of hydrogen-bond donors (Lipinski definition) is 1. The van der Waals surface area contributed by atoms with Gasteiger partial charge < -0.3 is 10.2 Å². The molecule has 8 nitrogen and oxygen atoms in total. The van der Waals surface area contributed by atoms with Gasteiger partial charge in [-0.3, -0.25) is 4.79 Å². The number of aromatic nitrogens is 4. The Balaban J connectivity index is 1.60. The number of carbonyl (C=O) groups excluding carboxylic acids is 1. The maximum atomic E-state index is 12.2. The molecule has 1 amide bonds. The SMILES string of the molecule is N#Cc1cccnc1N1C[C@@H](NC(=O)C2CC2)[C@@H](n2ccnn2)C1. The third-order valence-electron chi connectivity index (χ3n) is 4.55. The standard InChI is InChI=1S/C16H17N7O/c17-8-12-2-1-5-18-15(12)22-9-13(20-16(24)11-3-4-11)14(10-22)23-7-6-19-21-23/h1-2,5-7,11,13-14H,3-4,9-10H2,(H,20,24)/t13-,14+/m1/s1. The van der Waals surface area contributed by atoms with Crippen LogP contribution in [-0.4, -0.2) is 45.0 Å². The molecule has 0 bridgehead atoms. The summed E-state index contributed by atoms with van der Waals surface area (Å²) in [6.45, 7) is 1.21. The number of pyridine rings is 1. The molecular formula is C16H17N7O. The Morgan fingerprint density at radius 1 is 1.33 bits per heavy atom. The van der Waals surface area contributed by atoms with Crippen molar-refractivity contribution in [2.75, 3.05) is 18.0 Å². The molecule has 2 aromatic rings. The smallest absolute Gasteiger partial charge is 0.223 e. The zero-order chi connectivity index (χ0) is 16.5. The molecule has 3 heterocycles. The lowest BCUT2D eigenvalue weighted by Crippen LogP contribution is -2.42. The van der Waals surface area contributed by atoms with Crippen molar-refractivity contribution in [1.82, 2.24) is 25.3 Å². The summed E-state index contributed by atoms with van der Waals surface area (Å²) in [5, 5.41) is 20.4. The van der Waals surface area contributed by atoms with Gasteiger partial charge in [-0.1, -0.05) is 5.21 Å². The zero-order valence-corrected chi connectivity index (χ0v) is 13.0. The first kappa shape index (κ1) is 14.6. The number of amides is 1. The summed E-state index contributed by atoms with van der Waals surface area (Å²) in [5.74, 6) is 0.904. The van der Waals surface area contributed by atoms with Gasteiger partial charge in [-0.05, 0) is 25.0 Å². The molecule has 0 radical (unpaired) electrons. The lowest BCUT2D eigenvalue weighted by Gasteiger charge is -2.19. The van der Waals surface area contributed by atoms with Crippen molar-refractivity contribution in [2.45, 2.75) is 24.9 Å². The second-order valence-electron chi connectivity index (χ2n) is 6.23. The first-order chi connectivity index (χ1) is 11.8. The van der Waals surface area contributed by atoms with Crippen molar-refractivity contribution in [3.05, 3.63) is 36.3 Å². The van der Waals surface area contributed by atoms with Crippen LogP contribution in [0.2, 0.25) is 0 Å². The quantitative estimate of drug-likeness (QED) is 0.879. The van der Waals surface area contributed by atoms with E-state index in [4.69, 9.17) is 0 Å². The van der Waals surface area contributed by atoms with Gasteiger partial charge in [0.05, 0.1) is 23.8 Å². The van der Waals surface area contributed by atoms with Crippen LogP contribution in [-0.2, 0) is 4.79 Å². The molecule has 122 valence electrons. The van der Waals surface area contributed by atoms with Crippen molar-refractivity contribution in [2.24, 2.45) is 5.92 Å². The lowest BCUT2D eigenvalue weighted by molar-refractivity contribution is -0.123. The fourth-order valence-corrected chi connectivity index (χ4v) is 3.15. The minimum Gasteiger partial charge on any atom is -0.351 e. The van der Waals surface area contributed by atoms with Crippen LogP contribution < -0.4 is 10.2 Å². The molecule has 0 unspecified atom stereocenters. The molecule has 24 heavy (non-hydrogen) atoms. The van der Waals surface area contributed by atoms with Crippen molar-refractivity contribution < 1.29 is 4.79 Å². The van der Waals surface area contributed by atoms with Gasteiger partial charge in [0.15, 0.2) is 0 Å².